The highest BCUT2D eigenvalue weighted by Gasteiger charge is 2.29. The van der Waals surface area contributed by atoms with Gasteiger partial charge in [0.1, 0.15) is 6.10 Å². The van der Waals surface area contributed by atoms with Gasteiger partial charge in [-0.15, -0.1) is 0 Å². The van der Waals surface area contributed by atoms with Crippen LogP contribution in [0.3, 0.4) is 0 Å². The second-order valence-corrected chi connectivity index (χ2v) is 3.84. The number of ether oxygens (including phenoxy) is 3. The van der Waals surface area contributed by atoms with Gasteiger partial charge in [0.05, 0.1) is 19.8 Å². The van der Waals surface area contributed by atoms with Gasteiger partial charge in [-0.1, -0.05) is 30.3 Å². The summed E-state index contributed by atoms with van der Waals surface area (Å²) < 4.78 is 15.7. The number of carbonyl (C=O) groups excluding carboxylic acids is 1. The first kappa shape index (κ1) is 12.1. The number of hydrogen-bond donors (Lipinski definition) is 0. The summed E-state index contributed by atoms with van der Waals surface area (Å²) in [5.41, 5.74) is 0.817. The van der Waals surface area contributed by atoms with Gasteiger partial charge in [-0.2, -0.15) is 0 Å². The van der Waals surface area contributed by atoms with Crippen LogP contribution in [-0.2, 0) is 19.0 Å². The standard InChI is InChI=1S/C13H16O4/c1-2-16-13(14)12(17-11-8-15-9-11)10-6-4-3-5-7-10/h3-7,11-12H,2,8-9H2,1H3. The quantitative estimate of drug-likeness (QED) is 0.730. The van der Waals surface area contributed by atoms with Gasteiger partial charge in [-0.3, -0.25) is 0 Å². The molecule has 0 aliphatic carbocycles. The molecule has 4 heteroatoms. The lowest BCUT2D eigenvalue weighted by Gasteiger charge is -2.29. The third-order valence-electron chi connectivity index (χ3n) is 2.54. The van der Waals surface area contributed by atoms with Gasteiger partial charge in [0.25, 0.3) is 0 Å². The maximum atomic E-state index is 11.8. The van der Waals surface area contributed by atoms with E-state index in [9.17, 15) is 4.79 Å². The van der Waals surface area contributed by atoms with Crippen LogP contribution in [0.4, 0.5) is 0 Å². The molecular formula is C13H16O4. The second kappa shape index (κ2) is 5.80. The van der Waals surface area contributed by atoms with Crippen LogP contribution < -0.4 is 0 Å². The lowest BCUT2D eigenvalue weighted by molar-refractivity contribution is -0.184. The summed E-state index contributed by atoms with van der Waals surface area (Å²) in [6, 6.07) is 9.38. The van der Waals surface area contributed by atoms with Crippen molar-refractivity contribution < 1.29 is 19.0 Å². The number of esters is 1. The third kappa shape index (κ3) is 3.05. The molecule has 1 atom stereocenters. The summed E-state index contributed by atoms with van der Waals surface area (Å²) in [4.78, 5) is 11.8. The third-order valence-corrected chi connectivity index (χ3v) is 2.54. The van der Waals surface area contributed by atoms with Crippen LogP contribution in [0.25, 0.3) is 0 Å². The summed E-state index contributed by atoms with van der Waals surface area (Å²) >= 11 is 0. The van der Waals surface area contributed by atoms with Gasteiger partial charge < -0.3 is 14.2 Å². The molecule has 0 saturated carbocycles. The molecule has 0 aromatic heterocycles. The summed E-state index contributed by atoms with van der Waals surface area (Å²) in [5.74, 6) is -0.342. The minimum atomic E-state index is -0.648. The molecule has 17 heavy (non-hydrogen) atoms. The fourth-order valence-electron chi connectivity index (χ4n) is 1.60. The first-order valence-corrected chi connectivity index (χ1v) is 5.76. The van der Waals surface area contributed by atoms with Gasteiger partial charge in [0, 0.05) is 0 Å². The summed E-state index contributed by atoms with van der Waals surface area (Å²) in [5, 5.41) is 0. The maximum Gasteiger partial charge on any atom is 0.339 e. The van der Waals surface area contributed by atoms with Crippen LogP contribution >= 0.6 is 0 Å². The number of benzene rings is 1. The van der Waals surface area contributed by atoms with Crippen molar-refractivity contribution in [2.24, 2.45) is 0 Å². The monoisotopic (exact) mass is 236 g/mol. The van der Waals surface area contributed by atoms with Crippen LogP contribution in [0.2, 0.25) is 0 Å². The lowest BCUT2D eigenvalue weighted by atomic mass is 10.1. The molecule has 1 aliphatic heterocycles. The molecule has 1 saturated heterocycles. The van der Waals surface area contributed by atoms with Crippen molar-refractivity contribution in [1.29, 1.82) is 0 Å². The zero-order valence-electron chi connectivity index (χ0n) is 9.80. The van der Waals surface area contributed by atoms with E-state index in [4.69, 9.17) is 14.2 Å². The molecule has 1 aromatic rings. The zero-order valence-corrected chi connectivity index (χ0v) is 9.80. The van der Waals surface area contributed by atoms with E-state index < -0.39 is 6.10 Å². The van der Waals surface area contributed by atoms with Gasteiger partial charge in [-0.25, -0.2) is 4.79 Å². The fourth-order valence-corrected chi connectivity index (χ4v) is 1.60. The van der Waals surface area contributed by atoms with Crippen molar-refractivity contribution in [1.82, 2.24) is 0 Å². The molecule has 0 bridgehead atoms. The lowest BCUT2D eigenvalue weighted by Crippen LogP contribution is -2.39. The van der Waals surface area contributed by atoms with Gasteiger partial charge in [0.2, 0.25) is 0 Å². The van der Waals surface area contributed by atoms with E-state index >= 15 is 0 Å². The first-order valence-electron chi connectivity index (χ1n) is 5.76. The number of hydrogen-bond acceptors (Lipinski definition) is 4. The van der Waals surface area contributed by atoms with Gasteiger partial charge in [-0.05, 0) is 12.5 Å². The Morgan fingerprint density at radius 1 is 1.41 bits per heavy atom. The molecule has 0 spiro atoms. The van der Waals surface area contributed by atoms with Crippen molar-refractivity contribution in [3.63, 3.8) is 0 Å². The Morgan fingerprint density at radius 2 is 2.12 bits per heavy atom. The van der Waals surface area contributed by atoms with Gasteiger partial charge >= 0.3 is 5.97 Å². The average molecular weight is 236 g/mol. The molecule has 1 heterocycles. The van der Waals surface area contributed by atoms with Crippen LogP contribution in [0.5, 0.6) is 0 Å². The first-order chi connectivity index (χ1) is 8.31. The summed E-state index contributed by atoms with van der Waals surface area (Å²) in [6.07, 6.45) is -0.658. The van der Waals surface area contributed by atoms with E-state index in [1.165, 1.54) is 0 Å². The molecule has 1 unspecified atom stereocenters. The minimum absolute atomic E-state index is 0.00962. The smallest absolute Gasteiger partial charge is 0.339 e. The van der Waals surface area contributed by atoms with Crippen molar-refractivity contribution in [2.45, 2.75) is 19.1 Å². The normalized spacial score (nSPS) is 17.2. The van der Waals surface area contributed by atoms with E-state index in [1.54, 1.807) is 6.92 Å². The van der Waals surface area contributed by atoms with Crippen molar-refractivity contribution in [3.8, 4) is 0 Å². The molecular weight excluding hydrogens is 220 g/mol. The Bertz CT molecular complexity index is 359. The van der Waals surface area contributed by atoms with Crippen LogP contribution in [0.1, 0.15) is 18.6 Å². The Kier molecular flexibility index (Phi) is 4.12. The maximum absolute atomic E-state index is 11.8. The molecule has 0 N–H and O–H groups in total. The van der Waals surface area contributed by atoms with E-state index in [1.807, 2.05) is 30.3 Å². The molecule has 1 aliphatic rings. The predicted molar refractivity (Wildman–Crippen MR) is 61.5 cm³/mol. The topological polar surface area (TPSA) is 44.8 Å². The fraction of sp³-hybridized carbons (Fsp3) is 0.462. The molecule has 0 amide bonds. The summed E-state index contributed by atoms with van der Waals surface area (Å²) in [6.45, 7) is 3.23. The predicted octanol–water partition coefficient (Wildman–Crippen LogP) is 1.71. The van der Waals surface area contributed by atoms with E-state index in [2.05, 4.69) is 0 Å². The van der Waals surface area contributed by atoms with Crippen molar-refractivity contribution in [3.05, 3.63) is 35.9 Å². The number of rotatable bonds is 5. The molecule has 4 nitrogen and oxygen atoms in total. The van der Waals surface area contributed by atoms with Crippen LogP contribution in [0, 0.1) is 0 Å². The minimum Gasteiger partial charge on any atom is -0.464 e. The molecule has 0 radical (unpaired) electrons. The second-order valence-electron chi connectivity index (χ2n) is 3.84. The van der Waals surface area contributed by atoms with Crippen molar-refractivity contribution in [2.75, 3.05) is 19.8 Å². The number of carbonyl (C=O) groups is 1. The highest BCUT2D eigenvalue weighted by Crippen LogP contribution is 2.23. The highest BCUT2D eigenvalue weighted by atomic mass is 16.6. The van der Waals surface area contributed by atoms with Gasteiger partial charge in [0.15, 0.2) is 6.10 Å². The Morgan fingerprint density at radius 3 is 2.65 bits per heavy atom. The van der Waals surface area contributed by atoms with Crippen LogP contribution in [0.15, 0.2) is 30.3 Å². The van der Waals surface area contributed by atoms with E-state index in [0.29, 0.717) is 19.8 Å². The summed E-state index contributed by atoms with van der Waals surface area (Å²) in [7, 11) is 0. The highest BCUT2D eigenvalue weighted by molar-refractivity contribution is 5.76. The molecule has 2 rings (SSSR count). The average Bonchev–Trinajstić information content (AvgIpc) is 2.29. The van der Waals surface area contributed by atoms with E-state index in [-0.39, 0.29) is 12.1 Å². The molecule has 92 valence electrons. The van der Waals surface area contributed by atoms with E-state index in [0.717, 1.165) is 5.56 Å². The largest absolute Gasteiger partial charge is 0.464 e. The Labute approximate surface area is 100 Å². The molecule has 1 aromatic carbocycles. The molecule has 1 fully saturated rings. The zero-order chi connectivity index (χ0) is 12.1. The Balaban J connectivity index is 2.08. The SMILES string of the molecule is CCOC(=O)C(OC1COC1)c1ccccc1. The Hall–Kier alpha value is -1.39. The van der Waals surface area contributed by atoms with Crippen molar-refractivity contribution >= 4 is 5.97 Å². The van der Waals surface area contributed by atoms with Crippen LogP contribution in [-0.4, -0.2) is 31.9 Å².